The van der Waals surface area contributed by atoms with Crippen LogP contribution >= 0.6 is 11.3 Å². The number of carbonyl (C=O) groups excluding carboxylic acids is 1. The standard InChI is InChI=1S/C21H18F4N2O2S/c1-13-18(10-16-4-2-3-5-17(16)22)30-20(26-13)27-19(28)15-8-6-14(7-9-15)11-29-12-21(23,24)25/h2-9H,10-12H2,1H3,(H,26,27,28). The van der Waals surface area contributed by atoms with Crippen LogP contribution in [0.4, 0.5) is 22.7 Å². The van der Waals surface area contributed by atoms with E-state index < -0.39 is 18.7 Å². The van der Waals surface area contributed by atoms with Gasteiger partial charge in [-0.15, -0.1) is 11.3 Å². The fourth-order valence-corrected chi connectivity index (χ4v) is 3.65. The van der Waals surface area contributed by atoms with E-state index >= 15 is 0 Å². The van der Waals surface area contributed by atoms with Gasteiger partial charge in [0.25, 0.3) is 5.91 Å². The number of ether oxygens (including phenoxy) is 1. The smallest absolute Gasteiger partial charge is 0.367 e. The van der Waals surface area contributed by atoms with Gasteiger partial charge in [0.15, 0.2) is 5.13 Å². The molecular weight excluding hydrogens is 420 g/mol. The molecular formula is C21H18F4N2O2S. The number of hydrogen-bond acceptors (Lipinski definition) is 4. The normalized spacial score (nSPS) is 11.5. The predicted molar refractivity (Wildman–Crippen MR) is 106 cm³/mol. The van der Waals surface area contributed by atoms with Crippen LogP contribution in [0.25, 0.3) is 0 Å². The van der Waals surface area contributed by atoms with Crippen molar-refractivity contribution >= 4 is 22.4 Å². The molecule has 0 aliphatic heterocycles. The number of aryl methyl sites for hydroxylation is 1. The molecule has 0 spiro atoms. The van der Waals surface area contributed by atoms with Crippen molar-refractivity contribution in [2.24, 2.45) is 0 Å². The van der Waals surface area contributed by atoms with Gasteiger partial charge in [0, 0.05) is 16.9 Å². The largest absolute Gasteiger partial charge is 0.411 e. The van der Waals surface area contributed by atoms with Crippen LogP contribution in [0.5, 0.6) is 0 Å². The molecule has 0 radical (unpaired) electrons. The third-order valence-corrected chi connectivity index (χ3v) is 5.25. The van der Waals surface area contributed by atoms with E-state index in [1.54, 1.807) is 25.1 Å². The molecule has 0 saturated heterocycles. The van der Waals surface area contributed by atoms with Crippen LogP contribution in [-0.4, -0.2) is 23.7 Å². The monoisotopic (exact) mass is 438 g/mol. The summed E-state index contributed by atoms with van der Waals surface area (Å²) in [6, 6.07) is 12.5. The zero-order valence-corrected chi connectivity index (χ0v) is 16.7. The number of halogens is 4. The van der Waals surface area contributed by atoms with E-state index in [4.69, 9.17) is 0 Å². The Morgan fingerprint density at radius 1 is 1.13 bits per heavy atom. The number of anilines is 1. The Balaban J connectivity index is 1.60. The quantitative estimate of drug-likeness (QED) is 0.495. The van der Waals surface area contributed by atoms with Crippen LogP contribution < -0.4 is 5.32 Å². The molecule has 0 bridgehead atoms. The Morgan fingerprint density at radius 2 is 1.83 bits per heavy atom. The second-order valence-electron chi connectivity index (χ2n) is 6.55. The van der Waals surface area contributed by atoms with Crippen LogP contribution in [0.1, 0.15) is 32.1 Å². The summed E-state index contributed by atoms with van der Waals surface area (Å²) in [4.78, 5) is 17.6. The van der Waals surface area contributed by atoms with Crippen LogP contribution in [0.2, 0.25) is 0 Å². The summed E-state index contributed by atoms with van der Waals surface area (Å²) in [5, 5.41) is 3.09. The number of nitrogens with one attached hydrogen (secondary N) is 1. The van der Waals surface area contributed by atoms with Crippen LogP contribution in [0, 0.1) is 12.7 Å². The third kappa shape index (κ3) is 6.11. The van der Waals surface area contributed by atoms with Gasteiger partial charge in [-0.1, -0.05) is 30.3 Å². The summed E-state index contributed by atoms with van der Waals surface area (Å²) in [5.74, 6) is -0.695. The van der Waals surface area contributed by atoms with Crippen molar-refractivity contribution in [1.29, 1.82) is 0 Å². The highest BCUT2D eigenvalue weighted by Gasteiger charge is 2.27. The molecule has 9 heteroatoms. The molecule has 0 unspecified atom stereocenters. The number of thiazole rings is 1. The number of alkyl halides is 3. The molecule has 2 aromatic carbocycles. The maximum Gasteiger partial charge on any atom is 0.411 e. The number of benzene rings is 2. The Bertz CT molecular complexity index is 1020. The lowest BCUT2D eigenvalue weighted by Crippen LogP contribution is -2.16. The number of hydrogen-bond donors (Lipinski definition) is 1. The molecule has 1 heterocycles. The first-order valence-corrected chi connectivity index (χ1v) is 9.77. The highest BCUT2D eigenvalue weighted by molar-refractivity contribution is 7.15. The summed E-state index contributed by atoms with van der Waals surface area (Å²) in [6.45, 7) is 0.262. The molecule has 0 saturated carbocycles. The highest BCUT2D eigenvalue weighted by atomic mass is 32.1. The van der Waals surface area contributed by atoms with Gasteiger partial charge >= 0.3 is 6.18 Å². The predicted octanol–water partition coefficient (Wildman–Crippen LogP) is 5.51. The Labute approximate surface area is 174 Å². The van der Waals surface area contributed by atoms with E-state index in [1.165, 1.54) is 41.7 Å². The molecule has 0 aliphatic rings. The maximum atomic E-state index is 13.9. The number of nitrogens with zero attached hydrogens (tertiary/aromatic N) is 1. The summed E-state index contributed by atoms with van der Waals surface area (Å²) >= 11 is 1.27. The van der Waals surface area contributed by atoms with Crippen molar-refractivity contribution in [3.05, 3.63) is 81.6 Å². The van der Waals surface area contributed by atoms with Crippen molar-refractivity contribution in [1.82, 2.24) is 4.98 Å². The first-order chi connectivity index (χ1) is 14.2. The lowest BCUT2D eigenvalue weighted by Gasteiger charge is -2.08. The number of rotatable bonds is 7. The Hall–Kier alpha value is -2.78. The Morgan fingerprint density at radius 3 is 2.50 bits per heavy atom. The van der Waals surface area contributed by atoms with Gasteiger partial charge in [0.05, 0.1) is 12.3 Å². The van der Waals surface area contributed by atoms with Gasteiger partial charge in [-0.05, 0) is 36.2 Å². The summed E-state index contributed by atoms with van der Waals surface area (Å²) < 4.78 is 54.8. The third-order valence-electron chi connectivity index (χ3n) is 4.17. The molecule has 0 atom stereocenters. The van der Waals surface area contributed by atoms with Crippen LogP contribution in [0.15, 0.2) is 48.5 Å². The van der Waals surface area contributed by atoms with Crippen molar-refractivity contribution in [2.75, 3.05) is 11.9 Å². The molecule has 0 aliphatic carbocycles. The maximum absolute atomic E-state index is 13.9. The fourth-order valence-electron chi connectivity index (χ4n) is 2.67. The Kier molecular flexibility index (Phi) is 6.84. The van der Waals surface area contributed by atoms with E-state index in [0.29, 0.717) is 33.9 Å². The summed E-state index contributed by atoms with van der Waals surface area (Å²) in [6.07, 6.45) is -4.00. The number of aromatic nitrogens is 1. The van der Waals surface area contributed by atoms with Gasteiger partial charge in [-0.3, -0.25) is 10.1 Å². The minimum Gasteiger partial charge on any atom is -0.367 e. The average molecular weight is 438 g/mol. The lowest BCUT2D eigenvalue weighted by atomic mass is 10.1. The minimum atomic E-state index is -4.38. The fraction of sp³-hybridized carbons (Fsp3) is 0.238. The first-order valence-electron chi connectivity index (χ1n) is 8.96. The summed E-state index contributed by atoms with van der Waals surface area (Å²) in [5.41, 5.74) is 2.10. The number of carbonyl (C=O) groups is 1. The zero-order chi connectivity index (χ0) is 21.7. The van der Waals surface area contributed by atoms with E-state index in [-0.39, 0.29) is 12.4 Å². The van der Waals surface area contributed by atoms with Crippen molar-refractivity contribution in [2.45, 2.75) is 26.1 Å². The van der Waals surface area contributed by atoms with Gasteiger partial charge in [0.1, 0.15) is 12.4 Å². The van der Waals surface area contributed by atoms with E-state index in [1.807, 2.05) is 0 Å². The molecule has 158 valence electrons. The molecule has 30 heavy (non-hydrogen) atoms. The van der Waals surface area contributed by atoms with Gasteiger partial charge < -0.3 is 4.74 Å². The van der Waals surface area contributed by atoms with Crippen molar-refractivity contribution in [3.63, 3.8) is 0 Å². The van der Waals surface area contributed by atoms with Gasteiger partial charge in [-0.25, -0.2) is 9.37 Å². The highest BCUT2D eigenvalue weighted by Crippen LogP contribution is 2.26. The topological polar surface area (TPSA) is 51.2 Å². The molecule has 1 amide bonds. The molecule has 3 aromatic rings. The first kappa shape index (κ1) is 21.9. The van der Waals surface area contributed by atoms with Crippen molar-refractivity contribution < 1.29 is 27.1 Å². The average Bonchev–Trinajstić information content (AvgIpc) is 3.02. The van der Waals surface area contributed by atoms with Crippen LogP contribution in [-0.2, 0) is 17.8 Å². The lowest BCUT2D eigenvalue weighted by molar-refractivity contribution is -0.176. The minimum absolute atomic E-state index is 0.202. The SMILES string of the molecule is Cc1nc(NC(=O)c2ccc(COCC(F)(F)F)cc2)sc1Cc1ccccc1F. The zero-order valence-electron chi connectivity index (χ0n) is 15.9. The second kappa shape index (κ2) is 9.36. The van der Waals surface area contributed by atoms with Crippen molar-refractivity contribution in [3.8, 4) is 0 Å². The number of amides is 1. The molecule has 1 N–H and O–H groups in total. The second-order valence-corrected chi connectivity index (χ2v) is 7.64. The van der Waals surface area contributed by atoms with Gasteiger partial charge in [-0.2, -0.15) is 13.2 Å². The molecule has 0 fully saturated rings. The summed E-state index contributed by atoms with van der Waals surface area (Å²) in [7, 11) is 0. The molecule has 4 nitrogen and oxygen atoms in total. The van der Waals surface area contributed by atoms with E-state index in [2.05, 4.69) is 15.0 Å². The molecule has 1 aromatic heterocycles. The van der Waals surface area contributed by atoms with Crippen LogP contribution in [0.3, 0.4) is 0 Å². The van der Waals surface area contributed by atoms with E-state index in [0.717, 1.165) is 4.88 Å². The van der Waals surface area contributed by atoms with Gasteiger partial charge in [0.2, 0.25) is 0 Å². The molecule has 3 rings (SSSR count). The van der Waals surface area contributed by atoms with E-state index in [9.17, 15) is 22.4 Å².